The molecule has 1 atom stereocenters. The van der Waals surface area contributed by atoms with E-state index in [0.717, 1.165) is 62.3 Å². The molecule has 0 spiro atoms. The summed E-state index contributed by atoms with van der Waals surface area (Å²) in [5.74, 6) is 1.33. The average Bonchev–Trinajstić information content (AvgIpc) is 3.44. The third kappa shape index (κ3) is 5.44. The second kappa shape index (κ2) is 9.96. The number of carboxylic acids is 1. The Balaban J connectivity index is 1.22. The summed E-state index contributed by atoms with van der Waals surface area (Å²) in [5.41, 5.74) is 2.06. The molecule has 0 amide bonds. The highest BCUT2D eigenvalue weighted by Crippen LogP contribution is 2.28. The molecule has 3 aromatic rings. The SMILES string of the molecule is Cc1oc(-c2ccccc2)nc1CCCN1CCC(C[C@@H](C(=O)O)n2cccc2)CC1. The van der Waals surface area contributed by atoms with Crippen molar-refractivity contribution in [2.24, 2.45) is 5.92 Å². The molecule has 0 unspecified atom stereocenters. The summed E-state index contributed by atoms with van der Waals surface area (Å²) in [7, 11) is 0. The van der Waals surface area contributed by atoms with Gasteiger partial charge in [-0.3, -0.25) is 0 Å². The second-order valence-electron chi connectivity index (χ2n) is 8.50. The summed E-state index contributed by atoms with van der Waals surface area (Å²) in [6.45, 7) is 5.11. The second-order valence-corrected chi connectivity index (χ2v) is 8.50. The number of oxazole rings is 1. The van der Waals surface area contributed by atoms with Crippen molar-refractivity contribution in [2.75, 3.05) is 19.6 Å². The molecule has 0 aliphatic carbocycles. The number of aliphatic carboxylic acids is 1. The average molecular weight is 422 g/mol. The lowest BCUT2D eigenvalue weighted by atomic mass is 9.90. The maximum Gasteiger partial charge on any atom is 0.326 e. The molecule has 1 fully saturated rings. The molecular weight excluding hydrogens is 390 g/mol. The van der Waals surface area contributed by atoms with E-state index in [-0.39, 0.29) is 0 Å². The van der Waals surface area contributed by atoms with Gasteiger partial charge in [-0.05, 0) is 88.8 Å². The maximum atomic E-state index is 11.7. The highest BCUT2D eigenvalue weighted by atomic mass is 16.4. The van der Waals surface area contributed by atoms with Crippen LogP contribution in [0.4, 0.5) is 0 Å². The van der Waals surface area contributed by atoms with Crippen molar-refractivity contribution in [2.45, 2.75) is 45.1 Å². The van der Waals surface area contributed by atoms with Gasteiger partial charge in [0, 0.05) is 18.0 Å². The molecule has 31 heavy (non-hydrogen) atoms. The van der Waals surface area contributed by atoms with Gasteiger partial charge in [-0.25, -0.2) is 9.78 Å². The molecule has 6 heteroatoms. The van der Waals surface area contributed by atoms with Crippen LogP contribution in [0.1, 0.15) is 43.2 Å². The minimum atomic E-state index is -0.739. The van der Waals surface area contributed by atoms with Gasteiger partial charge in [0.05, 0.1) is 5.69 Å². The fraction of sp³-hybridized carbons (Fsp3) is 0.440. The van der Waals surface area contributed by atoms with Crippen molar-refractivity contribution in [3.05, 3.63) is 66.3 Å². The number of nitrogens with zero attached hydrogens (tertiary/aromatic N) is 3. The summed E-state index contributed by atoms with van der Waals surface area (Å²) in [6, 6.07) is 13.3. The van der Waals surface area contributed by atoms with Crippen molar-refractivity contribution in [1.82, 2.24) is 14.5 Å². The van der Waals surface area contributed by atoms with E-state index < -0.39 is 12.0 Å². The van der Waals surface area contributed by atoms with E-state index >= 15 is 0 Å². The third-order valence-electron chi connectivity index (χ3n) is 6.34. The number of aryl methyl sites for hydroxylation is 2. The Morgan fingerprint density at radius 2 is 1.87 bits per heavy atom. The first-order chi connectivity index (χ1) is 15.1. The van der Waals surface area contributed by atoms with Crippen LogP contribution in [0, 0.1) is 12.8 Å². The fourth-order valence-corrected chi connectivity index (χ4v) is 4.50. The fourth-order valence-electron chi connectivity index (χ4n) is 4.50. The summed E-state index contributed by atoms with van der Waals surface area (Å²) in [6.07, 6.45) is 8.49. The molecule has 4 rings (SSSR count). The van der Waals surface area contributed by atoms with Gasteiger partial charge < -0.3 is 19.0 Å². The molecule has 0 radical (unpaired) electrons. The highest BCUT2D eigenvalue weighted by molar-refractivity contribution is 5.71. The number of rotatable bonds is 9. The molecule has 3 heterocycles. The highest BCUT2D eigenvalue weighted by Gasteiger charge is 2.26. The summed E-state index contributed by atoms with van der Waals surface area (Å²) < 4.78 is 7.69. The normalized spacial score (nSPS) is 16.4. The van der Waals surface area contributed by atoms with Crippen molar-refractivity contribution >= 4 is 5.97 Å². The zero-order chi connectivity index (χ0) is 21.6. The van der Waals surface area contributed by atoms with Crippen LogP contribution >= 0.6 is 0 Å². The van der Waals surface area contributed by atoms with E-state index in [0.29, 0.717) is 18.2 Å². The van der Waals surface area contributed by atoms with Gasteiger partial charge in [-0.2, -0.15) is 0 Å². The van der Waals surface area contributed by atoms with Crippen LogP contribution < -0.4 is 0 Å². The largest absolute Gasteiger partial charge is 0.480 e. The van der Waals surface area contributed by atoms with Crippen LogP contribution in [-0.2, 0) is 11.2 Å². The Labute approximate surface area is 183 Å². The molecule has 1 saturated heterocycles. The summed E-state index contributed by atoms with van der Waals surface area (Å²) in [4.78, 5) is 18.9. The lowest BCUT2D eigenvalue weighted by Crippen LogP contribution is -2.36. The quantitative estimate of drug-likeness (QED) is 0.537. The standard InChI is InChI=1S/C25H31N3O3/c1-19-22(26-24(31-19)21-8-3-2-4-9-21)10-7-13-27-16-11-20(12-17-27)18-23(25(29)30)28-14-5-6-15-28/h2-6,8-9,14-15,20,23H,7,10-13,16-18H2,1H3,(H,29,30)/t23-/m0/s1. The van der Waals surface area contributed by atoms with Crippen molar-refractivity contribution in [3.63, 3.8) is 0 Å². The smallest absolute Gasteiger partial charge is 0.326 e. The van der Waals surface area contributed by atoms with Crippen molar-refractivity contribution in [1.29, 1.82) is 0 Å². The van der Waals surface area contributed by atoms with Crippen molar-refractivity contribution < 1.29 is 14.3 Å². The van der Waals surface area contributed by atoms with E-state index in [2.05, 4.69) is 4.90 Å². The van der Waals surface area contributed by atoms with E-state index in [1.54, 1.807) is 0 Å². The minimum absolute atomic E-state index is 0.458. The summed E-state index contributed by atoms with van der Waals surface area (Å²) in [5, 5.41) is 9.60. The molecular formula is C25H31N3O3. The van der Waals surface area contributed by atoms with E-state index in [4.69, 9.17) is 9.40 Å². The zero-order valence-electron chi connectivity index (χ0n) is 18.1. The third-order valence-corrected chi connectivity index (χ3v) is 6.34. The Hall–Kier alpha value is -2.86. The topological polar surface area (TPSA) is 71.5 Å². The Morgan fingerprint density at radius 1 is 1.16 bits per heavy atom. The van der Waals surface area contributed by atoms with Gasteiger partial charge in [-0.1, -0.05) is 18.2 Å². The molecule has 0 saturated carbocycles. The number of piperidine rings is 1. The van der Waals surface area contributed by atoms with Crippen LogP contribution in [0.2, 0.25) is 0 Å². The first kappa shape index (κ1) is 21.4. The molecule has 0 bridgehead atoms. The Morgan fingerprint density at radius 3 is 2.55 bits per heavy atom. The molecule has 164 valence electrons. The van der Waals surface area contributed by atoms with Gasteiger partial charge in [0.25, 0.3) is 0 Å². The number of carbonyl (C=O) groups is 1. The first-order valence-electron chi connectivity index (χ1n) is 11.2. The number of hydrogen-bond donors (Lipinski definition) is 1. The van der Waals surface area contributed by atoms with Crippen LogP contribution in [0.25, 0.3) is 11.5 Å². The molecule has 6 nitrogen and oxygen atoms in total. The molecule has 1 aliphatic rings. The monoisotopic (exact) mass is 421 g/mol. The first-order valence-corrected chi connectivity index (χ1v) is 11.2. The number of carboxylic acid groups (broad SMARTS) is 1. The van der Waals surface area contributed by atoms with E-state index in [9.17, 15) is 9.90 Å². The van der Waals surface area contributed by atoms with Crippen molar-refractivity contribution in [3.8, 4) is 11.5 Å². The van der Waals surface area contributed by atoms with Gasteiger partial charge in [0.15, 0.2) is 0 Å². The van der Waals surface area contributed by atoms with Crippen LogP contribution in [0.15, 0.2) is 59.3 Å². The molecule has 1 aromatic carbocycles. The van der Waals surface area contributed by atoms with Gasteiger partial charge >= 0.3 is 5.97 Å². The van der Waals surface area contributed by atoms with Crippen LogP contribution in [-0.4, -0.2) is 45.2 Å². The maximum absolute atomic E-state index is 11.7. The lowest BCUT2D eigenvalue weighted by molar-refractivity contribution is -0.141. The van der Waals surface area contributed by atoms with Crippen LogP contribution in [0.3, 0.4) is 0 Å². The van der Waals surface area contributed by atoms with Gasteiger partial charge in [0.1, 0.15) is 11.8 Å². The predicted octanol–water partition coefficient (Wildman–Crippen LogP) is 4.81. The van der Waals surface area contributed by atoms with Gasteiger partial charge in [-0.15, -0.1) is 0 Å². The molecule has 1 N–H and O–H groups in total. The van der Waals surface area contributed by atoms with Crippen LogP contribution in [0.5, 0.6) is 0 Å². The summed E-state index contributed by atoms with van der Waals surface area (Å²) >= 11 is 0. The molecule has 2 aromatic heterocycles. The number of hydrogen-bond acceptors (Lipinski definition) is 4. The van der Waals surface area contributed by atoms with Gasteiger partial charge in [0.2, 0.25) is 5.89 Å². The number of benzene rings is 1. The Bertz CT molecular complexity index is 957. The van der Waals surface area contributed by atoms with E-state index in [1.807, 2.05) is 66.3 Å². The van der Waals surface area contributed by atoms with E-state index in [1.165, 1.54) is 0 Å². The zero-order valence-corrected chi connectivity index (χ0v) is 18.1. The molecule has 1 aliphatic heterocycles. The minimum Gasteiger partial charge on any atom is -0.480 e. The Kier molecular flexibility index (Phi) is 6.87. The predicted molar refractivity (Wildman–Crippen MR) is 120 cm³/mol. The lowest BCUT2D eigenvalue weighted by Gasteiger charge is -2.33. The number of likely N-dealkylation sites (tertiary alicyclic amines) is 1. The number of aromatic nitrogens is 2.